The van der Waals surface area contributed by atoms with Gasteiger partial charge in [0.15, 0.2) is 0 Å². The van der Waals surface area contributed by atoms with Crippen LogP contribution in [0.1, 0.15) is 49.8 Å². The molecule has 0 aliphatic carbocycles. The summed E-state index contributed by atoms with van der Waals surface area (Å²) in [7, 11) is 1.87. The number of hydrogen-bond donors (Lipinski definition) is 0. The summed E-state index contributed by atoms with van der Waals surface area (Å²) in [6, 6.07) is 12.5. The van der Waals surface area contributed by atoms with E-state index in [0.29, 0.717) is 31.6 Å². The zero-order valence-corrected chi connectivity index (χ0v) is 23.0. The van der Waals surface area contributed by atoms with Crippen LogP contribution in [0.5, 0.6) is 0 Å². The third-order valence-corrected chi connectivity index (χ3v) is 7.16. The van der Waals surface area contributed by atoms with E-state index in [1.54, 1.807) is 18.1 Å². The first-order chi connectivity index (χ1) is 19.0. The number of alkyl halides is 3. The van der Waals surface area contributed by atoms with Gasteiger partial charge in [-0.3, -0.25) is 14.5 Å². The van der Waals surface area contributed by atoms with E-state index in [9.17, 15) is 27.6 Å². The van der Waals surface area contributed by atoms with Crippen molar-refractivity contribution < 1.29 is 36.7 Å². The SMILES string of the molecule is CCOC(=O)CCCN(Cc1ccc(C(F)(F)F)cc1)C(=O)C1(C)CCN1C.O=CCc1coc2ccccc12. The molecule has 1 atom stereocenters. The van der Waals surface area contributed by atoms with E-state index in [1.807, 2.05) is 43.1 Å². The van der Waals surface area contributed by atoms with Gasteiger partial charge < -0.3 is 18.8 Å². The maximum atomic E-state index is 13.1. The highest BCUT2D eigenvalue weighted by molar-refractivity contribution is 5.87. The van der Waals surface area contributed by atoms with E-state index in [-0.39, 0.29) is 24.8 Å². The van der Waals surface area contributed by atoms with Crippen molar-refractivity contribution in [2.75, 3.05) is 26.7 Å². The fourth-order valence-corrected chi connectivity index (χ4v) is 4.48. The summed E-state index contributed by atoms with van der Waals surface area (Å²) in [6.07, 6.45) is -0.0882. The lowest BCUT2D eigenvalue weighted by Gasteiger charge is -2.49. The van der Waals surface area contributed by atoms with Crippen molar-refractivity contribution in [2.24, 2.45) is 0 Å². The van der Waals surface area contributed by atoms with Crippen LogP contribution in [0.3, 0.4) is 0 Å². The zero-order chi connectivity index (χ0) is 29.3. The van der Waals surface area contributed by atoms with Gasteiger partial charge in [0.05, 0.1) is 24.0 Å². The molecule has 3 aromatic rings. The number of nitrogens with zero attached hydrogens (tertiary/aromatic N) is 2. The van der Waals surface area contributed by atoms with Gasteiger partial charge in [0.1, 0.15) is 11.9 Å². The molecule has 216 valence electrons. The largest absolute Gasteiger partial charge is 0.466 e. The minimum Gasteiger partial charge on any atom is -0.466 e. The van der Waals surface area contributed by atoms with Crippen molar-refractivity contribution in [1.82, 2.24) is 9.80 Å². The number of aldehydes is 1. The lowest BCUT2D eigenvalue weighted by Crippen LogP contribution is -2.64. The lowest BCUT2D eigenvalue weighted by molar-refractivity contribution is -0.152. The molecule has 10 heteroatoms. The normalized spacial score (nSPS) is 16.9. The van der Waals surface area contributed by atoms with Crippen LogP contribution in [0.4, 0.5) is 13.2 Å². The highest BCUT2D eigenvalue weighted by Gasteiger charge is 2.46. The number of fused-ring (bicyclic) bond motifs is 1. The molecule has 1 aliphatic heterocycles. The van der Waals surface area contributed by atoms with Gasteiger partial charge in [-0.25, -0.2) is 0 Å². The number of halogens is 3. The molecule has 2 heterocycles. The van der Waals surface area contributed by atoms with Crippen LogP contribution in [-0.2, 0) is 38.3 Å². The van der Waals surface area contributed by atoms with Gasteiger partial charge in [-0.05, 0) is 57.5 Å². The quantitative estimate of drug-likeness (QED) is 0.236. The average Bonchev–Trinajstić information content (AvgIpc) is 3.34. The Labute approximate surface area is 231 Å². The van der Waals surface area contributed by atoms with Crippen LogP contribution < -0.4 is 0 Å². The van der Waals surface area contributed by atoms with Crippen LogP contribution in [0.25, 0.3) is 11.0 Å². The highest BCUT2D eigenvalue weighted by atomic mass is 19.4. The van der Waals surface area contributed by atoms with Gasteiger partial charge >= 0.3 is 12.1 Å². The number of ether oxygens (including phenoxy) is 1. The first-order valence-electron chi connectivity index (χ1n) is 13.2. The van der Waals surface area contributed by atoms with Crippen molar-refractivity contribution in [1.29, 1.82) is 0 Å². The smallest absolute Gasteiger partial charge is 0.416 e. The van der Waals surface area contributed by atoms with Crippen molar-refractivity contribution in [2.45, 2.75) is 57.8 Å². The molecular formula is C30H35F3N2O5. The Bertz CT molecular complexity index is 1290. The van der Waals surface area contributed by atoms with Crippen LogP contribution in [0.15, 0.2) is 59.2 Å². The molecule has 1 aromatic heterocycles. The second-order valence-corrected chi connectivity index (χ2v) is 9.90. The molecule has 0 N–H and O–H groups in total. The maximum absolute atomic E-state index is 13.1. The third kappa shape index (κ3) is 7.71. The number of likely N-dealkylation sites (N-methyl/N-ethyl adjacent to an activating group) is 1. The molecule has 40 heavy (non-hydrogen) atoms. The molecule has 1 aliphatic rings. The van der Waals surface area contributed by atoms with Gasteiger partial charge in [0.2, 0.25) is 5.91 Å². The molecule has 4 rings (SSSR count). The second-order valence-electron chi connectivity index (χ2n) is 9.90. The summed E-state index contributed by atoms with van der Waals surface area (Å²) in [5, 5.41) is 1.03. The second kappa shape index (κ2) is 13.6. The van der Waals surface area contributed by atoms with Crippen molar-refractivity contribution in [3.05, 3.63) is 71.5 Å². The third-order valence-electron chi connectivity index (χ3n) is 7.16. The fourth-order valence-electron chi connectivity index (χ4n) is 4.48. The molecule has 1 fully saturated rings. The van der Waals surface area contributed by atoms with Crippen LogP contribution >= 0.6 is 0 Å². The van der Waals surface area contributed by atoms with E-state index in [1.165, 1.54) is 12.1 Å². The number of benzene rings is 2. The Morgan fingerprint density at radius 3 is 2.42 bits per heavy atom. The standard InChI is InChI=1S/C20H27F3N2O3.C10H8O2/c1-4-28-17(26)6-5-12-25(18(27)19(2)11-13-24(19)3)14-15-7-9-16(10-8-15)20(21,22)23;11-6-5-8-7-12-10-4-2-1-3-9(8)10/h7-10H,4-6,11-14H2,1-3H3;1-4,6-7H,5H2. The topological polar surface area (TPSA) is 80.1 Å². The summed E-state index contributed by atoms with van der Waals surface area (Å²) < 4.78 is 48.4. The molecule has 0 spiro atoms. The van der Waals surface area contributed by atoms with E-state index in [0.717, 1.165) is 47.9 Å². The van der Waals surface area contributed by atoms with Gasteiger partial charge in [-0.15, -0.1) is 0 Å². The monoisotopic (exact) mass is 560 g/mol. The Morgan fingerprint density at radius 1 is 1.15 bits per heavy atom. The summed E-state index contributed by atoms with van der Waals surface area (Å²) in [5.41, 5.74) is 1.08. The predicted molar refractivity (Wildman–Crippen MR) is 144 cm³/mol. The maximum Gasteiger partial charge on any atom is 0.416 e. The van der Waals surface area contributed by atoms with Gasteiger partial charge in [0, 0.05) is 43.4 Å². The van der Waals surface area contributed by atoms with Gasteiger partial charge in [-0.1, -0.05) is 30.3 Å². The number of likely N-dealkylation sites (tertiary alicyclic amines) is 1. The number of amides is 1. The number of hydrogen-bond acceptors (Lipinski definition) is 6. The Hall–Kier alpha value is -3.66. The summed E-state index contributed by atoms with van der Waals surface area (Å²) in [4.78, 5) is 38.5. The Kier molecular flexibility index (Phi) is 10.5. The van der Waals surface area contributed by atoms with Crippen molar-refractivity contribution in [3.8, 4) is 0 Å². The van der Waals surface area contributed by atoms with Crippen LogP contribution in [-0.4, -0.2) is 60.2 Å². The van der Waals surface area contributed by atoms with Crippen molar-refractivity contribution >= 4 is 29.1 Å². The zero-order valence-electron chi connectivity index (χ0n) is 23.0. The fraction of sp³-hybridized carbons (Fsp3) is 0.433. The number of furan rings is 1. The number of carbonyl (C=O) groups excluding carboxylic acids is 3. The molecule has 2 aromatic carbocycles. The molecular weight excluding hydrogens is 525 g/mol. The number of rotatable bonds is 10. The molecule has 0 saturated carbocycles. The number of esters is 1. The summed E-state index contributed by atoms with van der Waals surface area (Å²) in [5.74, 6) is -0.401. The minimum atomic E-state index is -4.39. The average molecular weight is 561 g/mol. The summed E-state index contributed by atoms with van der Waals surface area (Å²) >= 11 is 0. The Morgan fingerprint density at radius 2 is 1.85 bits per heavy atom. The molecule has 1 unspecified atom stereocenters. The van der Waals surface area contributed by atoms with Gasteiger partial charge in [-0.2, -0.15) is 13.2 Å². The Balaban J connectivity index is 0.000000302. The van der Waals surface area contributed by atoms with E-state index >= 15 is 0 Å². The molecule has 1 saturated heterocycles. The van der Waals surface area contributed by atoms with E-state index < -0.39 is 17.3 Å². The van der Waals surface area contributed by atoms with Crippen LogP contribution in [0.2, 0.25) is 0 Å². The van der Waals surface area contributed by atoms with E-state index in [4.69, 9.17) is 9.15 Å². The van der Waals surface area contributed by atoms with Crippen LogP contribution in [0, 0.1) is 0 Å². The van der Waals surface area contributed by atoms with Gasteiger partial charge in [0.25, 0.3) is 0 Å². The minimum absolute atomic E-state index is 0.0787. The number of carbonyl (C=O) groups is 3. The van der Waals surface area contributed by atoms with E-state index in [2.05, 4.69) is 0 Å². The first-order valence-corrected chi connectivity index (χ1v) is 13.2. The molecule has 0 bridgehead atoms. The lowest BCUT2D eigenvalue weighted by atomic mass is 9.85. The molecule has 0 radical (unpaired) electrons. The first kappa shape index (κ1) is 30.9. The molecule has 1 amide bonds. The van der Waals surface area contributed by atoms with Crippen molar-refractivity contribution in [3.63, 3.8) is 0 Å². The highest BCUT2D eigenvalue weighted by Crippen LogP contribution is 2.32. The number of para-hydroxylation sites is 1. The molecule has 7 nitrogen and oxygen atoms in total. The summed E-state index contributed by atoms with van der Waals surface area (Å²) in [6.45, 7) is 5.25. The predicted octanol–water partition coefficient (Wildman–Crippen LogP) is 5.65.